The summed E-state index contributed by atoms with van der Waals surface area (Å²) in [5, 5.41) is 0. The van der Waals surface area contributed by atoms with Crippen LogP contribution in [-0.2, 0) is 0 Å². The number of para-hydroxylation sites is 2. The van der Waals surface area contributed by atoms with Crippen molar-refractivity contribution in [3.63, 3.8) is 0 Å². The second-order valence-corrected chi connectivity index (χ2v) is 3.95. The molecule has 0 saturated heterocycles. The molecule has 0 unspecified atom stereocenters. The minimum atomic E-state index is 0.707. The lowest BCUT2D eigenvalue weighted by atomic mass is 10.3. The first-order valence-corrected chi connectivity index (χ1v) is 5.41. The normalized spacial score (nSPS) is 10.9. The fraction of sp³-hybridized carbons (Fsp3) is 0.0769. The first kappa shape index (κ1) is 9.84. The van der Waals surface area contributed by atoms with Crippen molar-refractivity contribution in [1.29, 1.82) is 0 Å². The van der Waals surface area contributed by atoms with E-state index in [1.807, 2.05) is 47.9 Å². The van der Waals surface area contributed by atoms with Crippen molar-refractivity contribution >= 4 is 16.7 Å². The van der Waals surface area contributed by atoms with Crippen LogP contribution < -0.4 is 5.73 Å². The molecule has 0 aliphatic heterocycles. The Hall–Kier alpha value is -2.36. The predicted octanol–water partition coefficient (Wildman–Crippen LogP) is 2.31. The Morgan fingerprint density at radius 1 is 1.12 bits per heavy atom. The monoisotopic (exact) mass is 224 g/mol. The molecule has 0 radical (unpaired) electrons. The van der Waals surface area contributed by atoms with Gasteiger partial charge in [-0.15, -0.1) is 0 Å². The van der Waals surface area contributed by atoms with E-state index < -0.39 is 0 Å². The lowest BCUT2D eigenvalue weighted by molar-refractivity contribution is 1.00. The van der Waals surface area contributed by atoms with E-state index in [1.165, 1.54) is 0 Å². The van der Waals surface area contributed by atoms with Gasteiger partial charge in [0.05, 0.1) is 22.4 Å². The zero-order valence-corrected chi connectivity index (χ0v) is 9.46. The molecule has 0 fully saturated rings. The molecule has 0 amide bonds. The van der Waals surface area contributed by atoms with Gasteiger partial charge in [-0.3, -0.25) is 4.57 Å². The summed E-state index contributed by atoms with van der Waals surface area (Å²) >= 11 is 0. The van der Waals surface area contributed by atoms with E-state index in [9.17, 15) is 0 Å². The van der Waals surface area contributed by atoms with Gasteiger partial charge in [-0.2, -0.15) is 0 Å². The summed E-state index contributed by atoms with van der Waals surface area (Å²) in [6.45, 7) is 1.90. The van der Waals surface area contributed by atoms with E-state index in [2.05, 4.69) is 9.97 Å². The number of aromatic nitrogens is 3. The number of pyridine rings is 1. The Kier molecular flexibility index (Phi) is 2.08. The minimum Gasteiger partial charge on any atom is -0.397 e. The van der Waals surface area contributed by atoms with Crippen LogP contribution in [0.3, 0.4) is 0 Å². The van der Waals surface area contributed by atoms with Gasteiger partial charge in [-0.25, -0.2) is 9.97 Å². The minimum absolute atomic E-state index is 0.707. The number of nitrogens with two attached hydrogens (primary N) is 1. The maximum atomic E-state index is 5.77. The number of anilines is 1. The number of benzene rings is 1. The van der Waals surface area contributed by atoms with E-state index >= 15 is 0 Å². The Labute approximate surface area is 98.7 Å². The summed E-state index contributed by atoms with van der Waals surface area (Å²) < 4.78 is 1.96. The van der Waals surface area contributed by atoms with E-state index in [4.69, 9.17) is 5.73 Å². The van der Waals surface area contributed by atoms with Crippen LogP contribution in [0.1, 0.15) is 5.69 Å². The van der Waals surface area contributed by atoms with Crippen molar-refractivity contribution in [1.82, 2.24) is 14.5 Å². The second kappa shape index (κ2) is 3.59. The van der Waals surface area contributed by atoms with Crippen LogP contribution in [0.4, 0.5) is 5.69 Å². The molecule has 84 valence electrons. The molecule has 2 aromatic heterocycles. The molecule has 0 aliphatic carbocycles. The van der Waals surface area contributed by atoms with Crippen LogP contribution in [0.15, 0.2) is 42.7 Å². The molecule has 0 bridgehead atoms. The quantitative estimate of drug-likeness (QED) is 0.690. The highest BCUT2D eigenvalue weighted by molar-refractivity contribution is 5.76. The number of hydrogen-bond donors (Lipinski definition) is 1. The van der Waals surface area contributed by atoms with Gasteiger partial charge >= 0.3 is 0 Å². The Morgan fingerprint density at radius 3 is 2.76 bits per heavy atom. The van der Waals surface area contributed by atoms with Gasteiger partial charge in [0, 0.05) is 0 Å². The summed E-state index contributed by atoms with van der Waals surface area (Å²) in [5.41, 5.74) is 9.31. The Balaban J connectivity index is 2.24. The number of fused-ring (bicyclic) bond motifs is 1. The topological polar surface area (TPSA) is 56.7 Å². The molecule has 1 aromatic carbocycles. The van der Waals surface area contributed by atoms with Crippen molar-refractivity contribution < 1.29 is 0 Å². The molecule has 0 saturated carbocycles. The van der Waals surface area contributed by atoms with Crippen LogP contribution >= 0.6 is 0 Å². The average Bonchev–Trinajstić information content (AvgIpc) is 2.76. The number of aryl methyl sites for hydroxylation is 1. The van der Waals surface area contributed by atoms with E-state index in [0.29, 0.717) is 5.69 Å². The van der Waals surface area contributed by atoms with Crippen molar-refractivity contribution in [3.8, 4) is 5.82 Å². The summed E-state index contributed by atoms with van der Waals surface area (Å²) in [6.07, 6.45) is 1.78. The lowest BCUT2D eigenvalue weighted by Gasteiger charge is -2.05. The molecule has 2 heterocycles. The number of imidazole rings is 1. The highest BCUT2D eigenvalue weighted by atomic mass is 15.1. The van der Waals surface area contributed by atoms with E-state index in [1.54, 1.807) is 6.33 Å². The van der Waals surface area contributed by atoms with Crippen LogP contribution in [-0.4, -0.2) is 14.5 Å². The second-order valence-electron chi connectivity index (χ2n) is 3.95. The standard InChI is InChI=1S/C13H12N4/c1-9-10(14)6-7-13(16-9)17-8-15-11-4-2-3-5-12(11)17/h2-8H,14H2,1H3. The van der Waals surface area contributed by atoms with Gasteiger partial charge in [0.1, 0.15) is 12.1 Å². The maximum Gasteiger partial charge on any atom is 0.138 e. The van der Waals surface area contributed by atoms with Gasteiger partial charge in [0.2, 0.25) is 0 Å². The third kappa shape index (κ3) is 1.54. The van der Waals surface area contributed by atoms with Crippen LogP contribution in [0.5, 0.6) is 0 Å². The van der Waals surface area contributed by atoms with Crippen molar-refractivity contribution in [2.24, 2.45) is 0 Å². The summed E-state index contributed by atoms with van der Waals surface area (Å²) in [5.74, 6) is 0.838. The first-order valence-electron chi connectivity index (χ1n) is 5.41. The smallest absolute Gasteiger partial charge is 0.138 e. The zero-order valence-electron chi connectivity index (χ0n) is 9.46. The van der Waals surface area contributed by atoms with Gasteiger partial charge < -0.3 is 5.73 Å². The highest BCUT2D eigenvalue weighted by Gasteiger charge is 2.05. The molecular formula is C13H12N4. The summed E-state index contributed by atoms with van der Waals surface area (Å²) in [6, 6.07) is 11.7. The molecular weight excluding hydrogens is 212 g/mol. The van der Waals surface area contributed by atoms with Crippen molar-refractivity contribution in [2.75, 3.05) is 5.73 Å². The molecule has 0 spiro atoms. The largest absolute Gasteiger partial charge is 0.397 e. The van der Waals surface area contributed by atoms with E-state index in [-0.39, 0.29) is 0 Å². The lowest BCUT2D eigenvalue weighted by Crippen LogP contribution is -2.00. The fourth-order valence-corrected chi connectivity index (χ4v) is 1.83. The molecule has 3 rings (SSSR count). The fourth-order valence-electron chi connectivity index (χ4n) is 1.83. The number of hydrogen-bond acceptors (Lipinski definition) is 3. The van der Waals surface area contributed by atoms with Gasteiger partial charge in [0.25, 0.3) is 0 Å². The molecule has 3 aromatic rings. The molecule has 0 aliphatic rings. The van der Waals surface area contributed by atoms with Crippen LogP contribution in [0, 0.1) is 6.92 Å². The third-order valence-corrected chi connectivity index (χ3v) is 2.81. The highest BCUT2D eigenvalue weighted by Crippen LogP contribution is 2.18. The zero-order chi connectivity index (χ0) is 11.8. The number of rotatable bonds is 1. The van der Waals surface area contributed by atoms with Crippen molar-refractivity contribution in [2.45, 2.75) is 6.92 Å². The maximum absolute atomic E-state index is 5.77. The molecule has 17 heavy (non-hydrogen) atoms. The molecule has 2 N–H and O–H groups in total. The SMILES string of the molecule is Cc1nc(-n2cnc3ccccc32)ccc1N. The number of nitrogens with zero attached hydrogens (tertiary/aromatic N) is 3. The first-order chi connectivity index (χ1) is 8.25. The number of nitrogen functional groups attached to an aromatic ring is 1. The van der Waals surface area contributed by atoms with E-state index in [0.717, 1.165) is 22.5 Å². The average molecular weight is 224 g/mol. The Morgan fingerprint density at radius 2 is 1.94 bits per heavy atom. The van der Waals surface area contributed by atoms with Gasteiger partial charge in [-0.1, -0.05) is 12.1 Å². The van der Waals surface area contributed by atoms with Gasteiger partial charge in [0.15, 0.2) is 0 Å². The summed E-state index contributed by atoms with van der Waals surface area (Å²) in [4.78, 5) is 8.80. The van der Waals surface area contributed by atoms with Gasteiger partial charge in [-0.05, 0) is 31.2 Å². The van der Waals surface area contributed by atoms with Crippen molar-refractivity contribution in [3.05, 3.63) is 48.4 Å². The third-order valence-electron chi connectivity index (χ3n) is 2.81. The predicted molar refractivity (Wildman–Crippen MR) is 68.0 cm³/mol. The van der Waals surface area contributed by atoms with Crippen LogP contribution in [0.2, 0.25) is 0 Å². The Bertz CT molecular complexity index is 685. The molecule has 4 nitrogen and oxygen atoms in total. The molecule has 0 atom stereocenters. The van der Waals surface area contributed by atoms with Crippen LogP contribution in [0.25, 0.3) is 16.9 Å². The molecule has 4 heteroatoms. The summed E-state index contributed by atoms with van der Waals surface area (Å²) in [7, 11) is 0.